The third-order valence-corrected chi connectivity index (χ3v) is 4.74. The molecule has 0 bridgehead atoms. The molecule has 3 rings (SSSR count). The zero-order chi connectivity index (χ0) is 18.5. The zero-order valence-electron chi connectivity index (χ0n) is 15.0. The molecule has 1 saturated heterocycles. The van der Waals surface area contributed by atoms with Gasteiger partial charge in [0.15, 0.2) is 0 Å². The molecule has 1 atom stereocenters. The monoisotopic (exact) mass is 377 g/mol. The fourth-order valence-electron chi connectivity index (χ4n) is 2.99. The topological polar surface area (TPSA) is 71.4 Å². The Morgan fingerprint density at radius 3 is 2.81 bits per heavy atom. The van der Waals surface area contributed by atoms with Crippen molar-refractivity contribution in [2.45, 2.75) is 19.4 Å². The van der Waals surface area contributed by atoms with Crippen LogP contribution in [0.2, 0.25) is 5.02 Å². The molecule has 8 heteroatoms. The highest BCUT2D eigenvalue weighted by atomic mass is 35.5. The van der Waals surface area contributed by atoms with E-state index in [2.05, 4.69) is 20.6 Å². The molecular weight excluding hydrogens is 354 g/mol. The highest BCUT2D eigenvalue weighted by Crippen LogP contribution is 2.28. The molecule has 1 fully saturated rings. The molecule has 0 saturated carbocycles. The van der Waals surface area contributed by atoms with Crippen molar-refractivity contribution in [3.05, 3.63) is 41.2 Å². The van der Waals surface area contributed by atoms with E-state index in [4.69, 9.17) is 16.3 Å². The number of nitrogens with zero attached hydrogens (tertiary/aromatic N) is 3. The van der Waals surface area contributed by atoms with E-state index in [0.717, 1.165) is 30.8 Å². The van der Waals surface area contributed by atoms with Gasteiger partial charge < -0.3 is 20.3 Å². The van der Waals surface area contributed by atoms with Crippen LogP contribution in [0.4, 0.5) is 16.2 Å². The van der Waals surface area contributed by atoms with Gasteiger partial charge in [0.05, 0.1) is 36.2 Å². The summed E-state index contributed by atoms with van der Waals surface area (Å²) in [5.41, 5.74) is 2.58. The molecule has 2 N–H and O–H groups in total. The normalized spacial score (nSPS) is 15.6. The van der Waals surface area contributed by atoms with Crippen molar-refractivity contribution < 1.29 is 9.53 Å². The van der Waals surface area contributed by atoms with Gasteiger partial charge in [-0.25, -0.2) is 4.79 Å². The number of ether oxygens (including phenoxy) is 1. The van der Waals surface area contributed by atoms with Crippen LogP contribution in [-0.4, -0.2) is 42.1 Å². The molecule has 140 valence electrons. The predicted octanol–water partition coefficient (Wildman–Crippen LogP) is 3.18. The van der Waals surface area contributed by atoms with E-state index in [1.54, 1.807) is 16.9 Å². The Hall–Kier alpha value is -2.25. The van der Waals surface area contributed by atoms with Gasteiger partial charge in [-0.15, -0.1) is 0 Å². The number of amides is 2. The quantitative estimate of drug-likeness (QED) is 0.839. The van der Waals surface area contributed by atoms with Gasteiger partial charge in [0.1, 0.15) is 0 Å². The number of benzene rings is 1. The molecule has 0 spiro atoms. The number of urea groups is 1. The average Bonchev–Trinajstić information content (AvgIpc) is 3.08. The van der Waals surface area contributed by atoms with Crippen molar-refractivity contribution in [2.24, 2.45) is 7.05 Å². The lowest BCUT2D eigenvalue weighted by Gasteiger charge is -2.29. The Morgan fingerprint density at radius 2 is 2.15 bits per heavy atom. The number of aromatic nitrogens is 2. The highest BCUT2D eigenvalue weighted by molar-refractivity contribution is 6.33. The summed E-state index contributed by atoms with van der Waals surface area (Å²) in [5, 5.41) is 10.5. The summed E-state index contributed by atoms with van der Waals surface area (Å²) in [4.78, 5) is 14.7. The first-order valence-corrected chi connectivity index (χ1v) is 9.13. The Labute approximate surface area is 158 Å². The van der Waals surface area contributed by atoms with E-state index in [9.17, 15) is 4.79 Å². The number of aryl methyl sites for hydroxylation is 1. The smallest absolute Gasteiger partial charge is 0.319 e. The van der Waals surface area contributed by atoms with Crippen molar-refractivity contribution in [1.82, 2.24) is 15.1 Å². The van der Waals surface area contributed by atoms with Crippen molar-refractivity contribution in [3.63, 3.8) is 0 Å². The van der Waals surface area contributed by atoms with Crippen LogP contribution in [0.25, 0.3) is 0 Å². The molecule has 1 aromatic carbocycles. The summed E-state index contributed by atoms with van der Waals surface area (Å²) in [6, 6.07) is 5.27. The van der Waals surface area contributed by atoms with Crippen LogP contribution >= 0.6 is 11.6 Å². The maximum Gasteiger partial charge on any atom is 0.319 e. The van der Waals surface area contributed by atoms with Crippen LogP contribution in [0, 0.1) is 0 Å². The maximum absolute atomic E-state index is 12.5. The molecule has 7 nitrogen and oxygen atoms in total. The van der Waals surface area contributed by atoms with Gasteiger partial charge in [0.2, 0.25) is 0 Å². The molecule has 1 unspecified atom stereocenters. The minimum atomic E-state index is -0.290. The van der Waals surface area contributed by atoms with Crippen molar-refractivity contribution >= 4 is 29.0 Å². The first-order chi connectivity index (χ1) is 12.6. The van der Waals surface area contributed by atoms with Crippen LogP contribution in [0.15, 0.2) is 30.6 Å². The zero-order valence-corrected chi connectivity index (χ0v) is 15.8. The Kier molecular flexibility index (Phi) is 6.00. The van der Waals surface area contributed by atoms with E-state index in [-0.39, 0.29) is 12.1 Å². The molecule has 0 aliphatic carbocycles. The molecule has 2 aromatic rings. The third-order valence-electron chi connectivity index (χ3n) is 4.42. The number of carbonyl (C=O) groups excluding carboxylic acids is 1. The summed E-state index contributed by atoms with van der Waals surface area (Å²) >= 11 is 6.27. The second-order valence-electron chi connectivity index (χ2n) is 6.27. The van der Waals surface area contributed by atoms with E-state index in [0.29, 0.717) is 23.9 Å². The molecule has 2 amide bonds. The number of anilines is 2. The molecule has 26 heavy (non-hydrogen) atoms. The predicted molar refractivity (Wildman–Crippen MR) is 103 cm³/mol. The molecule has 2 heterocycles. The standard InChI is InChI=1S/C18H24ClN5O2/c1-3-16(13-11-20-23(2)12-13)21-18(25)22-17-10-14(4-5-15(17)19)24-6-8-26-9-7-24/h4-5,10-12,16H,3,6-9H2,1-2H3,(H2,21,22,25). The lowest BCUT2D eigenvalue weighted by molar-refractivity contribution is 0.122. The number of hydrogen-bond donors (Lipinski definition) is 2. The molecule has 1 aliphatic rings. The van der Waals surface area contributed by atoms with Crippen LogP contribution in [0.5, 0.6) is 0 Å². The number of morpholine rings is 1. The number of halogens is 1. The van der Waals surface area contributed by atoms with E-state index < -0.39 is 0 Å². The summed E-state index contributed by atoms with van der Waals surface area (Å²) in [6.45, 7) is 5.08. The summed E-state index contributed by atoms with van der Waals surface area (Å²) in [6.07, 6.45) is 4.43. The Morgan fingerprint density at radius 1 is 1.38 bits per heavy atom. The van der Waals surface area contributed by atoms with Crippen molar-refractivity contribution in [2.75, 3.05) is 36.5 Å². The first kappa shape index (κ1) is 18.5. The largest absolute Gasteiger partial charge is 0.378 e. The van der Waals surface area contributed by atoms with Gasteiger partial charge in [0, 0.05) is 37.6 Å². The fraction of sp³-hybridized carbons (Fsp3) is 0.444. The van der Waals surface area contributed by atoms with Gasteiger partial charge in [0.25, 0.3) is 0 Å². The van der Waals surface area contributed by atoms with E-state index >= 15 is 0 Å². The molecule has 1 aliphatic heterocycles. The Bertz CT molecular complexity index is 758. The number of nitrogens with one attached hydrogen (secondary N) is 2. The number of carbonyl (C=O) groups is 1. The molecular formula is C18H24ClN5O2. The fourth-order valence-corrected chi connectivity index (χ4v) is 3.15. The second kappa shape index (κ2) is 8.42. The summed E-state index contributed by atoms with van der Waals surface area (Å²) in [5.74, 6) is 0. The Balaban J connectivity index is 1.68. The van der Waals surface area contributed by atoms with Crippen LogP contribution in [-0.2, 0) is 11.8 Å². The van der Waals surface area contributed by atoms with E-state index in [1.807, 2.05) is 32.3 Å². The third kappa shape index (κ3) is 4.47. The minimum absolute atomic E-state index is 0.107. The molecule has 0 radical (unpaired) electrons. The van der Waals surface area contributed by atoms with Gasteiger partial charge in [-0.2, -0.15) is 5.10 Å². The second-order valence-corrected chi connectivity index (χ2v) is 6.68. The molecule has 1 aromatic heterocycles. The summed E-state index contributed by atoms with van der Waals surface area (Å²) in [7, 11) is 1.85. The van der Waals surface area contributed by atoms with Crippen LogP contribution < -0.4 is 15.5 Å². The van der Waals surface area contributed by atoms with Gasteiger partial charge in [-0.05, 0) is 24.6 Å². The van der Waals surface area contributed by atoms with Crippen LogP contribution in [0.1, 0.15) is 24.9 Å². The first-order valence-electron chi connectivity index (χ1n) is 8.75. The van der Waals surface area contributed by atoms with Gasteiger partial charge in [-0.3, -0.25) is 4.68 Å². The lowest BCUT2D eigenvalue weighted by atomic mass is 10.1. The SMILES string of the molecule is CCC(NC(=O)Nc1cc(N2CCOCC2)ccc1Cl)c1cnn(C)c1. The van der Waals surface area contributed by atoms with Crippen molar-refractivity contribution in [1.29, 1.82) is 0 Å². The van der Waals surface area contributed by atoms with Crippen molar-refractivity contribution in [3.8, 4) is 0 Å². The van der Waals surface area contributed by atoms with Gasteiger partial charge >= 0.3 is 6.03 Å². The average molecular weight is 378 g/mol. The highest BCUT2D eigenvalue weighted by Gasteiger charge is 2.17. The number of rotatable bonds is 5. The minimum Gasteiger partial charge on any atom is -0.378 e. The lowest BCUT2D eigenvalue weighted by Crippen LogP contribution is -2.36. The van der Waals surface area contributed by atoms with E-state index in [1.165, 1.54) is 0 Å². The maximum atomic E-state index is 12.5. The van der Waals surface area contributed by atoms with Crippen LogP contribution in [0.3, 0.4) is 0 Å². The summed E-state index contributed by atoms with van der Waals surface area (Å²) < 4.78 is 7.11. The van der Waals surface area contributed by atoms with Gasteiger partial charge in [-0.1, -0.05) is 18.5 Å². The number of hydrogen-bond acceptors (Lipinski definition) is 4.